The van der Waals surface area contributed by atoms with Crippen LogP contribution in [0.1, 0.15) is 43.2 Å². The van der Waals surface area contributed by atoms with Gasteiger partial charge in [-0.15, -0.1) is 10.2 Å². The molecule has 4 nitrogen and oxygen atoms in total. The second-order valence-corrected chi connectivity index (χ2v) is 16.7. The van der Waals surface area contributed by atoms with Gasteiger partial charge in [-0.25, -0.2) is 8.42 Å². The number of rotatable bonds is 3. The summed E-state index contributed by atoms with van der Waals surface area (Å²) in [4.78, 5) is 1.04. The third-order valence-electron chi connectivity index (χ3n) is 11.7. The maximum absolute atomic E-state index is 14.5. The minimum absolute atomic E-state index is 0.219. The zero-order chi connectivity index (χ0) is 30.6. The van der Waals surface area contributed by atoms with E-state index in [4.69, 9.17) is 0 Å². The molecule has 1 aromatic heterocycles. The van der Waals surface area contributed by atoms with E-state index in [0.717, 1.165) is 66.0 Å². The zero-order valence-electron chi connectivity index (χ0n) is 25.3. The van der Waals surface area contributed by atoms with Gasteiger partial charge in [-0.2, -0.15) is 0 Å². The van der Waals surface area contributed by atoms with Crippen LogP contribution in [0.15, 0.2) is 119 Å². The van der Waals surface area contributed by atoms with Gasteiger partial charge in [-0.1, -0.05) is 108 Å². The van der Waals surface area contributed by atoms with Crippen molar-refractivity contribution in [2.45, 2.75) is 47.3 Å². The van der Waals surface area contributed by atoms with Crippen molar-refractivity contribution in [2.24, 2.45) is 23.7 Å². The van der Waals surface area contributed by atoms with E-state index in [9.17, 15) is 8.42 Å². The second-order valence-electron chi connectivity index (χ2n) is 13.9. The molecular formula is C40H32N2O2S2. The van der Waals surface area contributed by atoms with Gasteiger partial charge in [0.25, 0.3) is 0 Å². The highest BCUT2D eigenvalue weighted by Gasteiger charge is 2.62. The molecule has 4 saturated carbocycles. The van der Waals surface area contributed by atoms with Crippen LogP contribution in [-0.4, -0.2) is 18.6 Å². The fourth-order valence-electron chi connectivity index (χ4n) is 10.1. The van der Waals surface area contributed by atoms with Gasteiger partial charge in [-0.3, -0.25) is 0 Å². The van der Waals surface area contributed by atoms with E-state index in [-0.39, 0.29) is 5.41 Å². The van der Waals surface area contributed by atoms with E-state index in [2.05, 4.69) is 83.0 Å². The molecule has 6 heteroatoms. The number of benzene rings is 5. The third kappa shape index (κ3) is 3.63. The molecule has 4 aliphatic carbocycles. The number of fused-ring (bicyclic) bond motifs is 3. The topological polar surface area (TPSA) is 59.9 Å². The molecule has 1 aliphatic heterocycles. The lowest BCUT2D eigenvalue weighted by Crippen LogP contribution is -2.57. The largest absolute Gasteiger partial charge is 0.218 e. The normalized spacial score (nSPS) is 26.7. The lowest BCUT2D eigenvalue weighted by Gasteiger charge is -2.63. The van der Waals surface area contributed by atoms with E-state index in [1.807, 2.05) is 36.4 Å². The molecule has 5 aliphatic rings. The first kappa shape index (κ1) is 27.0. The first-order valence-corrected chi connectivity index (χ1v) is 18.7. The van der Waals surface area contributed by atoms with E-state index < -0.39 is 9.84 Å². The van der Waals surface area contributed by atoms with Crippen molar-refractivity contribution < 1.29 is 8.42 Å². The maximum atomic E-state index is 14.5. The highest BCUT2D eigenvalue weighted by Crippen LogP contribution is 2.68. The van der Waals surface area contributed by atoms with Crippen LogP contribution >= 0.6 is 11.3 Å². The molecule has 0 radical (unpaired) electrons. The molecule has 1 spiro atoms. The molecule has 0 amide bonds. The van der Waals surface area contributed by atoms with Gasteiger partial charge < -0.3 is 0 Å². The highest BCUT2D eigenvalue weighted by molar-refractivity contribution is 7.91. The smallest absolute Gasteiger partial charge is 0.207 e. The lowest BCUT2D eigenvalue weighted by atomic mass is 9.42. The first-order chi connectivity index (χ1) is 22.5. The molecule has 6 aromatic rings. The molecule has 11 rings (SSSR count). The van der Waals surface area contributed by atoms with Crippen LogP contribution in [0.25, 0.3) is 43.0 Å². The predicted octanol–water partition coefficient (Wildman–Crippen LogP) is 9.58. The van der Waals surface area contributed by atoms with Gasteiger partial charge in [-0.05, 0) is 101 Å². The fourth-order valence-corrected chi connectivity index (χ4v) is 12.9. The van der Waals surface area contributed by atoms with Gasteiger partial charge in [0.1, 0.15) is 10.0 Å². The van der Waals surface area contributed by atoms with E-state index in [0.29, 0.717) is 21.6 Å². The van der Waals surface area contributed by atoms with Crippen molar-refractivity contribution in [3.8, 4) is 32.3 Å². The molecule has 4 bridgehead atoms. The molecule has 2 heterocycles. The molecule has 46 heavy (non-hydrogen) atoms. The summed E-state index contributed by atoms with van der Waals surface area (Å²) < 4.78 is 29.0. The molecule has 0 N–H and O–H groups in total. The van der Waals surface area contributed by atoms with E-state index in [1.54, 1.807) is 11.3 Å². The zero-order valence-corrected chi connectivity index (χ0v) is 26.9. The van der Waals surface area contributed by atoms with Gasteiger partial charge in [0.15, 0.2) is 0 Å². The maximum Gasteiger partial charge on any atom is 0.207 e. The van der Waals surface area contributed by atoms with Crippen LogP contribution in [0.5, 0.6) is 0 Å². The first-order valence-electron chi connectivity index (χ1n) is 16.4. The summed E-state index contributed by atoms with van der Waals surface area (Å²) in [5.74, 6) is 2.59. The van der Waals surface area contributed by atoms with Crippen LogP contribution in [0.4, 0.5) is 0 Å². The second kappa shape index (κ2) is 9.69. The van der Waals surface area contributed by atoms with Crippen molar-refractivity contribution >= 4 is 31.9 Å². The predicted molar refractivity (Wildman–Crippen MR) is 183 cm³/mol. The number of aromatic nitrogens is 2. The SMILES string of the molecule is O=S1(=O)c2ccccc2C2(c3ccc(-c4ccc(-c5nnc(-c6ccccc6)s5)c5ccccc45)cc31)C1CC3CC(C1)CC2C3. The lowest BCUT2D eigenvalue weighted by molar-refractivity contribution is -0.0446. The molecule has 0 saturated heterocycles. The van der Waals surface area contributed by atoms with Crippen LogP contribution in [-0.2, 0) is 15.3 Å². The summed E-state index contributed by atoms with van der Waals surface area (Å²) in [5.41, 5.74) is 5.95. The summed E-state index contributed by atoms with van der Waals surface area (Å²) in [6.45, 7) is 0. The molecule has 0 unspecified atom stereocenters. The van der Waals surface area contributed by atoms with Crippen molar-refractivity contribution in [1.29, 1.82) is 0 Å². The van der Waals surface area contributed by atoms with Gasteiger partial charge >= 0.3 is 0 Å². The number of nitrogens with zero attached hydrogens (tertiary/aromatic N) is 2. The van der Waals surface area contributed by atoms with Gasteiger partial charge in [0, 0.05) is 16.5 Å². The Bertz CT molecular complexity index is 2280. The molecule has 0 atom stereocenters. The summed E-state index contributed by atoms with van der Waals surface area (Å²) in [5, 5.41) is 13.0. The summed E-state index contributed by atoms with van der Waals surface area (Å²) in [7, 11) is -3.69. The number of sulfone groups is 1. The number of hydrogen-bond donors (Lipinski definition) is 0. The average molecular weight is 637 g/mol. The van der Waals surface area contributed by atoms with Crippen molar-refractivity contribution in [3.05, 3.63) is 120 Å². The Kier molecular flexibility index (Phi) is 5.69. The van der Waals surface area contributed by atoms with Crippen LogP contribution in [0, 0.1) is 23.7 Å². The van der Waals surface area contributed by atoms with Gasteiger partial charge in [0.05, 0.1) is 9.79 Å². The fraction of sp³-hybridized carbons (Fsp3) is 0.250. The Hall–Kier alpha value is -4.13. The van der Waals surface area contributed by atoms with Crippen molar-refractivity contribution in [1.82, 2.24) is 10.2 Å². The molecule has 226 valence electrons. The third-order valence-corrected chi connectivity index (χ3v) is 14.5. The average Bonchev–Trinajstić information content (AvgIpc) is 3.58. The Balaban J connectivity index is 1.14. The number of hydrogen-bond acceptors (Lipinski definition) is 5. The van der Waals surface area contributed by atoms with E-state index in [1.165, 1.54) is 32.1 Å². The summed E-state index contributed by atoms with van der Waals surface area (Å²) in [6, 6.07) is 37.1. The minimum atomic E-state index is -3.69. The molecule has 5 aromatic carbocycles. The monoisotopic (exact) mass is 636 g/mol. The Morgan fingerprint density at radius 3 is 1.93 bits per heavy atom. The summed E-state index contributed by atoms with van der Waals surface area (Å²) in [6.07, 6.45) is 6.22. The molecular weight excluding hydrogens is 605 g/mol. The Morgan fingerprint density at radius 1 is 0.565 bits per heavy atom. The quantitative estimate of drug-likeness (QED) is 0.194. The van der Waals surface area contributed by atoms with Crippen LogP contribution < -0.4 is 0 Å². The van der Waals surface area contributed by atoms with E-state index >= 15 is 0 Å². The standard InChI is InChI=1S/C40H32N2O2S2/c43-46(44)36-13-7-6-12-34(36)40(28-19-24-18-25(21-28)22-29(40)20-24)35-17-14-27(23-37(35)46)30-15-16-33(32-11-5-4-10-31(30)32)39-42-41-38(45-39)26-8-2-1-3-9-26/h1-17,23-25,28-29H,18-22H2. The van der Waals surface area contributed by atoms with Crippen molar-refractivity contribution in [2.75, 3.05) is 0 Å². The Labute approximate surface area is 273 Å². The Morgan fingerprint density at radius 2 is 1.17 bits per heavy atom. The molecule has 4 fully saturated rings. The van der Waals surface area contributed by atoms with Crippen molar-refractivity contribution in [3.63, 3.8) is 0 Å². The summed E-state index contributed by atoms with van der Waals surface area (Å²) >= 11 is 1.59. The minimum Gasteiger partial charge on any atom is -0.218 e. The van der Waals surface area contributed by atoms with Gasteiger partial charge in [0.2, 0.25) is 9.84 Å². The van der Waals surface area contributed by atoms with Crippen LogP contribution in [0.3, 0.4) is 0 Å². The van der Waals surface area contributed by atoms with Crippen LogP contribution in [0.2, 0.25) is 0 Å². The highest BCUT2D eigenvalue weighted by atomic mass is 32.2.